The zero-order chi connectivity index (χ0) is 13.6. The second-order valence-corrected chi connectivity index (χ2v) is 4.09. The number of hydrogen-bond acceptors (Lipinski definition) is 3. The largest absolute Gasteiger partial charge is 0.493 e. The van der Waals surface area contributed by atoms with Gasteiger partial charge >= 0.3 is 0 Å². The monoisotopic (exact) mass is 248 g/mol. The number of hydrogen-bond donors (Lipinski definition) is 1. The van der Waals surface area contributed by atoms with Gasteiger partial charge in [0.1, 0.15) is 0 Å². The van der Waals surface area contributed by atoms with Crippen molar-refractivity contribution >= 4 is 0 Å². The molecule has 3 heteroatoms. The molecule has 0 aliphatic rings. The smallest absolute Gasteiger partial charge is 0.161 e. The molecule has 1 rings (SSSR count). The van der Waals surface area contributed by atoms with Gasteiger partial charge in [0, 0.05) is 0 Å². The van der Waals surface area contributed by atoms with Gasteiger partial charge in [-0.25, -0.2) is 0 Å². The van der Waals surface area contributed by atoms with Crippen molar-refractivity contribution in [3.8, 4) is 11.5 Å². The lowest BCUT2D eigenvalue weighted by molar-refractivity contribution is 0.0427. The molecule has 0 amide bonds. The first-order valence-corrected chi connectivity index (χ1v) is 5.78. The van der Waals surface area contributed by atoms with E-state index >= 15 is 0 Å². The normalized spacial score (nSPS) is 10.8. The van der Waals surface area contributed by atoms with Gasteiger partial charge in [-0.1, -0.05) is 18.2 Å². The van der Waals surface area contributed by atoms with E-state index in [9.17, 15) is 5.11 Å². The average molecular weight is 248 g/mol. The topological polar surface area (TPSA) is 38.7 Å². The molecule has 3 nitrogen and oxygen atoms in total. The van der Waals surface area contributed by atoms with Crippen molar-refractivity contribution in [3.63, 3.8) is 0 Å². The third-order valence-electron chi connectivity index (χ3n) is 2.88. The summed E-state index contributed by atoms with van der Waals surface area (Å²) in [6.07, 6.45) is 4.30. The van der Waals surface area contributed by atoms with Gasteiger partial charge in [-0.2, -0.15) is 0 Å². The lowest BCUT2D eigenvalue weighted by Gasteiger charge is -2.27. The molecule has 0 unspecified atom stereocenters. The molecule has 0 atom stereocenters. The van der Waals surface area contributed by atoms with Crippen LogP contribution in [0.4, 0.5) is 0 Å². The van der Waals surface area contributed by atoms with Crippen LogP contribution >= 0.6 is 0 Å². The van der Waals surface area contributed by atoms with Crippen LogP contribution < -0.4 is 9.47 Å². The van der Waals surface area contributed by atoms with Gasteiger partial charge in [0.2, 0.25) is 0 Å². The van der Waals surface area contributed by atoms with E-state index in [-0.39, 0.29) is 0 Å². The maximum Gasteiger partial charge on any atom is 0.161 e. The van der Waals surface area contributed by atoms with Crippen LogP contribution in [0.1, 0.15) is 18.4 Å². The maximum atomic E-state index is 10.6. The number of aliphatic hydroxyl groups is 1. The van der Waals surface area contributed by atoms with E-state index in [1.807, 2.05) is 6.07 Å². The van der Waals surface area contributed by atoms with Crippen molar-refractivity contribution in [3.05, 3.63) is 49.1 Å². The minimum Gasteiger partial charge on any atom is -0.493 e. The Kier molecular flexibility index (Phi) is 4.98. The molecule has 1 aromatic rings. The van der Waals surface area contributed by atoms with Crippen LogP contribution in [0.25, 0.3) is 0 Å². The fraction of sp³-hybridized carbons (Fsp3) is 0.333. The van der Waals surface area contributed by atoms with E-state index in [0.717, 1.165) is 5.56 Å². The van der Waals surface area contributed by atoms with Crippen LogP contribution in [0.15, 0.2) is 43.5 Å². The summed E-state index contributed by atoms with van der Waals surface area (Å²) in [6.45, 7) is 7.36. The standard InChI is InChI=1S/C15H20O3/c1-5-9-15(16,10-6-2)12-7-8-13(17-3)14(11-12)18-4/h5-8,11,16H,1-2,9-10H2,3-4H3. The highest BCUT2D eigenvalue weighted by molar-refractivity contribution is 5.44. The summed E-state index contributed by atoms with van der Waals surface area (Å²) in [7, 11) is 3.15. The highest BCUT2D eigenvalue weighted by Crippen LogP contribution is 2.36. The van der Waals surface area contributed by atoms with Gasteiger partial charge in [-0.3, -0.25) is 0 Å². The quantitative estimate of drug-likeness (QED) is 0.754. The zero-order valence-corrected chi connectivity index (χ0v) is 11.0. The number of ether oxygens (including phenoxy) is 2. The SMILES string of the molecule is C=CCC(O)(CC=C)c1ccc(OC)c(OC)c1. The molecule has 0 saturated heterocycles. The molecule has 0 aliphatic carbocycles. The number of methoxy groups -OCH3 is 2. The van der Waals surface area contributed by atoms with E-state index in [1.54, 1.807) is 38.5 Å². The van der Waals surface area contributed by atoms with Gasteiger partial charge in [0.25, 0.3) is 0 Å². The first-order chi connectivity index (χ1) is 8.61. The zero-order valence-electron chi connectivity index (χ0n) is 11.0. The lowest BCUT2D eigenvalue weighted by Crippen LogP contribution is -2.24. The lowest BCUT2D eigenvalue weighted by atomic mass is 9.87. The van der Waals surface area contributed by atoms with Crippen molar-refractivity contribution in [1.29, 1.82) is 0 Å². The molecule has 0 spiro atoms. The van der Waals surface area contributed by atoms with Crippen LogP contribution in [-0.2, 0) is 5.60 Å². The Morgan fingerprint density at radius 1 is 1.11 bits per heavy atom. The summed E-state index contributed by atoms with van der Waals surface area (Å²) < 4.78 is 10.4. The van der Waals surface area contributed by atoms with Crippen molar-refractivity contribution in [2.24, 2.45) is 0 Å². The second kappa shape index (κ2) is 6.26. The number of rotatable bonds is 7. The summed E-state index contributed by atoms with van der Waals surface area (Å²) in [6, 6.07) is 5.39. The Labute approximate surface area is 108 Å². The Hall–Kier alpha value is -1.74. The molecule has 18 heavy (non-hydrogen) atoms. The first kappa shape index (κ1) is 14.3. The minimum atomic E-state index is -0.997. The van der Waals surface area contributed by atoms with Gasteiger partial charge in [-0.15, -0.1) is 13.2 Å². The van der Waals surface area contributed by atoms with E-state index in [0.29, 0.717) is 24.3 Å². The fourth-order valence-electron chi connectivity index (χ4n) is 1.92. The van der Waals surface area contributed by atoms with Crippen LogP contribution in [0.3, 0.4) is 0 Å². The molecule has 0 fully saturated rings. The Bertz CT molecular complexity index is 414. The van der Waals surface area contributed by atoms with Gasteiger partial charge < -0.3 is 14.6 Å². The van der Waals surface area contributed by atoms with E-state index < -0.39 is 5.60 Å². The second-order valence-electron chi connectivity index (χ2n) is 4.09. The highest BCUT2D eigenvalue weighted by atomic mass is 16.5. The van der Waals surface area contributed by atoms with Crippen molar-refractivity contribution in [2.45, 2.75) is 18.4 Å². The van der Waals surface area contributed by atoms with Gasteiger partial charge in [0.05, 0.1) is 19.8 Å². The molecular weight excluding hydrogens is 228 g/mol. The molecule has 0 aromatic heterocycles. The Balaban J connectivity index is 3.20. The van der Waals surface area contributed by atoms with Crippen LogP contribution in [0.2, 0.25) is 0 Å². The molecule has 1 aromatic carbocycles. The van der Waals surface area contributed by atoms with Gasteiger partial charge in [0.15, 0.2) is 11.5 Å². The molecule has 0 radical (unpaired) electrons. The molecule has 0 saturated carbocycles. The highest BCUT2D eigenvalue weighted by Gasteiger charge is 2.27. The predicted molar refractivity (Wildman–Crippen MR) is 73.1 cm³/mol. The van der Waals surface area contributed by atoms with Crippen molar-refractivity contribution in [1.82, 2.24) is 0 Å². The summed E-state index contributed by atoms with van der Waals surface area (Å²) in [4.78, 5) is 0. The van der Waals surface area contributed by atoms with Crippen LogP contribution in [0.5, 0.6) is 11.5 Å². The third kappa shape index (κ3) is 2.93. The molecule has 0 aliphatic heterocycles. The molecule has 0 heterocycles. The maximum absolute atomic E-state index is 10.6. The summed E-state index contributed by atoms with van der Waals surface area (Å²) >= 11 is 0. The van der Waals surface area contributed by atoms with E-state index in [1.165, 1.54) is 0 Å². The molecule has 0 bridgehead atoms. The molecule has 1 N–H and O–H groups in total. The van der Waals surface area contributed by atoms with E-state index in [2.05, 4.69) is 13.2 Å². The molecule has 98 valence electrons. The van der Waals surface area contributed by atoms with Gasteiger partial charge in [-0.05, 0) is 30.5 Å². The first-order valence-electron chi connectivity index (χ1n) is 5.78. The fourth-order valence-corrected chi connectivity index (χ4v) is 1.92. The van der Waals surface area contributed by atoms with Crippen molar-refractivity contribution in [2.75, 3.05) is 14.2 Å². The Morgan fingerprint density at radius 2 is 1.67 bits per heavy atom. The average Bonchev–Trinajstić information content (AvgIpc) is 2.38. The third-order valence-corrected chi connectivity index (χ3v) is 2.88. The minimum absolute atomic E-state index is 0.453. The number of benzene rings is 1. The summed E-state index contributed by atoms with van der Waals surface area (Å²) in [5.74, 6) is 1.24. The predicted octanol–water partition coefficient (Wildman–Crippen LogP) is 3.04. The summed E-state index contributed by atoms with van der Waals surface area (Å²) in [5, 5.41) is 10.6. The van der Waals surface area contributed by atoms with Crippen LogP contribution in [0, 0.1) is 0 Å². The summed E-state index contributed by atoms with van der Waals surface area (Å²) in [5.41, 5.74) is -0.233. The molecular formula is C15H20O3. The van der Waals surface area contributed by atoms with Crippen molar-refractivity contribution < 1.29 is 14.6 Å². The van der Waals surface area contributed by atoms with Crippen LogP contribution in [-0.4, -0.2) is 19.3 Å². The van der Waals surface area contributed by atoms with E-state index in [4.69, 9.17) is 9.47 Å². The Morgan fingerprint density at radius 3 is 2.11 bits per heavy atom.